The van der Waals surface area contributed by atoms with Crippen LogP contribution in [0.5, 0.6) is 11.5 Å². The van der Waals surface area contributed by atoms with Crippen molar-refractivity contribution in [3.8, 4) is 11.5 Å². The molecule has 140 valence electrons. The summed E-state index contributed by atoms with van der Waals surface area (Å²) in [5.41, 5.74) is 1.31. The number of para-hydroxylation sites is 3. The molecular weight excluding hydrogens is 324 g/mol. The Morgan fingerprint density at radius 1 is 1.04 bits per heavy atom. The molecule has 0 aliphatic carbocycles. The van der Waals surface area contributed by atoms with Crippen molar-refractivity contribution in [3.05, 3.63) is 54.6 Å². The summed E-state index contributed by atoms with van der Waals surface area (Å²) in [6.07, 6.45) is 0. The number of aromatic hydroxyl groups is 1. The molecule has 0 saturated carbocycles. The van der Waals surface area contributed by atoms with Crippen molar-refractivity contribution in [2.24, 2.45) is 5.92 Å². The molecule has 0 spiro atoms. The number of nitrogens with zero attached hydrogens (tertiary/aromatic N) is 2. The Morgan fingerprint density at radius 2 is 1.73 bits per heavy atom. The van der Waals surface area contributed by atoms with Crippen LogP contribution in [0.15, 0.2) is 54.6 Å². The van der Waals surface area contributed by atoms with Crippen molar-refractivity contribution in [2.75, 3.05) is 31.1 Å². The van der Waals surface area contributed by atoms with E-state index in [9.17, 15) is 5.11 Å². The van der Waals surface area contributed by atoms with Crippen molar-refractivity contribution in [2.45, 2.75) is 32.9 Å². The minimum Gasteiger partial charge on any atom is -0.504 e. The maximum absolute atomic E-state index is 9.83. The Kier molecular flexibility index (Phi) is 6.04. The van der Waals surface area contributed by atoms with E-state index in [1.165, 1.54) is 5.69 Å². The van der Waals surface area contributed by atoms with E-state index in [2.05, 4.69) is 60.9 Å². The first-order chi connectivity index (χ1) is 12.6. The van der Waals surface area contributed by atoms with E-state index >= 15 is 0 Å². The van der Waals surface area contributed by atoms with Crippen LogP contribution in [-0.4, -0.2) is 48.3 Å². The molecule has 0 radical (unpaired) electrons. The van der Waals surface area contributed by atoms with Gasteiger partial charge >= 0.3 is 0 Å². The highest BCUT2D eigenvalue weighted by atomic mass is 16.5. The van der Waals surface area contributed by atoms with Gasteiger partial charge in [0.1, 0.15) is 6.61 Å². The fourth-order valence-corrected chi connectivity index (χ4v) is 3.71. The average molecular weight is 354 g/mol. The largest absolute Gasteiger partial charge is 0.504 e. The molecule has 2 aromatic rings. The maximum atomic E-state index is 9.83. The van der Waals surface area contributed by atoms with Crippen LogP contribution in [0.1, 0.15) is 20.8 Å². The minimum absolute atomic E-state index is 0.203. The number of benzene rings is 2. The first kappa shape index (κ1) is 18.6. The number of piperazine rings is 1. The van der Waals surface area contributed by atoms with Crippen molar-refractivity contribution in [1.82, 2.24) is 4.90 Å². The fraction of sp³-hybridized carbons (Fsp3) is 0.455. The Hall–Kier alpha value is -2.20. The van der Waals surface area contributed by atoms with Crippen molar-refractivity contribution < 1.29 is 9.84 Å². The number of hydrogen-bond acceptors (Lipinski definition) is 4. The molecule has 0 bridgehead atoms. The van der Waals surface area contributed by atoms with Crippen molar-refractivity contribution in [3.63, 3.8) is 0 Å². The van der Waals surface area contributed by atoms with Gasteiger partial charge in [-0.05, 0) is 37.1 Å². The van der Waals surface area contributed by atoms with Crippen LogP contribution in [0.3, 0.4) is 0 Å². The van der Waals surface area contributed by atoms with E-state index < -0.39 is 0 Å². The molecule has 4 heteroatoms. The van der Waals surface area contributed by atoms with E-state index in [0.717, 1.165) is 19.6 Å². The topological polar surface area (TPSA) is 35.9 Å². The third-order valence-corrected chi connectivity index (χ3v) is 5.26. The highest BCUT2D eigenvalue weighted by molar-refractivity contribution is 5.48. The Labute approximate surface area is 157 Å². The lowest BCUT2D eigenvalue weighted by atomic mass is 9.96. The molecule has 0 aromatic heterocycles. The smallest absolute Gasteiger partial charge is 0.160 e. The number of rotatable bonds is 6. The number of ether oxygens (including phenoxy) is 1. The van der Waals surface area contributed by atoms with Gasteiger partial charge in [0, 0.05) is 37.4 Å². The summed E-state index contributed by atoms with van der Waals surface area (Å²) in [6, 6.07) is 18.8. The average Bonchev–Trinajstić information content (AvgIpc) is 2.64. The van der Waals surface area contributed by atoms with Crippen molar-refractivity contribution >= 4 is 5.69 Å². The monoisotopic (exact) mass is 354 g/mol. The molecule has 1 aliphatic heterocycles. The van der Waals surface area contributed by atoms with Gasteiger partial charge in [-0.15, -0.1) is 0 Å². The molecule has 2 atom stereocenters. The predicted octanol–water partition coefficient (Wildman–Crippen LogP) is 4.01. The Morgan fingerprint density at radius 3 is 2.42 bits per heavy atom. The molecule has 0 amide bonds. The van der Waals surface area contributed by atoms with Crippen LogP contribution in [0, 0.1) is 5.92 Å². The van der Waals surface area contributed by atoms with Crippen LogP contribution in [-0.2, 0) is 0 Å². The van der Waals surface area contributed by atoms with E-state index in [1.807, 2.05) is 12.1 Å². The summed E-state index contributed by atoms with van der Waals surface area (Å²) in [7, 11) is 0. The van der Waals surface area contributed by atoms with E-state index in [4.69, 9.17) is 4.74 Å². The highest BCUT2D eigenvalue weighted by Crippen LogP contribution is 2.27. The van der Waals surface area contributed by atoms with E-state index in [0.29, 0.717) is 30.4 Å². The lowest BCUT2D eigenvalue weighted by molar-refractivity contribution is 0.121. The van der Waals surface area contributed by atoms with Gasteiger partial charge < -0.3 is 14.7 Å². The highest BCUT2D eigenvalue weighted by Gasteiger charge is 2.33. The maximum Gasteiger partial charge on any atom is 0.160 e. The van der Waals surface area contributed by atoms with Gasteiger partial charge in [0.2, 0.25) is 0 Å². The van der Waals surface area contributed by atoms with Gasteiger partial charge in [-0.25, -0.2) is 0 Å². The van der Waals surface area contributed by atoms with Crippen molar-refractivity contribution in [1.29, 1.82) is 0 Å². The molecule has 1 N–H and O–H groups in total. The quantitative estimate of drug-likeness (QED) is 0.850. The summed E-state index contributed by atoms with van der Waals surface area (Å²) in [5.74, 6) is 1.34. The zero-order valence-corrected chi connectivity index (χ0v) is 16.0. The van der Waals surface area contributed by atoms with Gasteiger partial charge in [0.25, 0.3) is 0 Å². The summed E-state index contributed by atoms with van der Waals surface area (Å²) < 4.78 is 5.79. The van der Waals surface area contributed by atoms with E-state index in [1.54, 1.807) is 12.1 Å². The predicted molar refractivity (Wildman–Crippen MR) is 107 cm³/mol. The number of anilines is 1. The summed E-state index contributed by atoms with van der Waals surface area (Å²) in [4.78, 5) is 5.06. The second-order valence-electron chi connectivity index (χ2n) is 7.46. The van der Waals surface area contributed by atoms with Gasteiger partial charge in [-0.3, -0.25) is 4.90 Å². The molecule has 1 aliphatic rings. The lowest BCUT2D eigenvalue weighted by Crippen LogP contribution is -2.59. The Balaban J connectivity index is 1.62. The van der Waals surface area contributed by atoms with E-state index in [-0.39, 0.29) is 5.75 Å². The van der Waals surface area contributed by atoms with Crippen LogP contribution >= 0.6 is 0 Å². The second-order valence-corrected chi connectivity index (χ2v) is 7.46. The normalized spacial score (nSPS) is 21.2. The molecular formula is C22H30N2O2. The number of hydrogen-bond donors (Lipinski definition) is 1. The summed E-state index contributed by atoms with van der Waals surface area (Å²) in [5, 5.41) is 9.83. The van der Waals surface area contributed by atoms with Gasteiger partial charge in [-0.1, -0.05) is 44.2 Å². The first-order valence-corrected chi connectivity index (χ1v) is 9.53. The third kappa shape index (κ3) is 4.31. The zero-order chi connectivity index (χ0) is 18.5. The second kappa shape index (κ2) is 8.45. The minimum atomic E-state index is 0.203. The molecule has 1 fully saturated rings. The molecule has 2 aromatic carbocycles. The standard InChI is InChI=1S/C22H30N2O2/c1-17(2)20-16-23(13-14-26-22-12-8-7-11-21(22)25)18(3)15-24(20)19-9-5-4-6-10-19/h4-12,17-18,20,25H,13-16H2,1-3H3. The summed E-state index contributed by atoms with van der Waals surface area (Å²) >= 11 is 0. The first-order valence-electron chi connectivity index (χ1n) is 9.53. The molecule has 26 heavy (non-hydrogen) atoms. The van der Waals surface area contributed by atoms with Crippen LogP contribution < -0.4 is 9.64 Å². The molecule has 2 unspecified atom stereocenters. The van der Waals surface area contributed by atoms with Crippen LogP contribution in [0.2, 0.25) is 0 Å². The van der Waals surface area contributed by atoms with Gasteiger partial charge in [0.05, 0.1) is 0 Å². The molecule has 1 saturated heterocycles. The Bertz CT molecular complexity index is 690. The zero-order valence-electron chi connectivity index (χ0n) is 16.0. The fourth-order valence-electron chi connectivity index (χ4n) is 3.71. The van der Waals surface area contributed by atoms with Gasteiger partial charge in [-0.2, -0.15) is 0 Å². The lowest BCUT2D eigenvalue weighted by Gasteiger charge is -2.48. The third-order valence-electron chi connectivity index (χ3n) is 5.26. The SMILES string of the molecule is CC(C)C1CN(CCOc2ccccc2O)C(C)CN1c1ccccc1. The molecule has 3 rings (SSSR count). The van der Waals surface area contributed by atoms with Crippen LogP contribution in [0.4, 0.5) is 5.69 Å². The molecule has 4 nitrogen and oxygen atoms in total. The van der Waals surface area contributed by atoms with Crippen LogP contribution in [0.25, 0.3) is 0 Å². The summed E-state index contributed by atoms with van der Waals surface area (Å²) in [6.45, 7) is 10.4. The number of phenolic OH excluding ortho intramolecular Hbond substituents is 1. The molecule has 1 heterocycles. The number of phenols is 1. The van der Waals surface area contributed by atoms with Gasteiger partial charge in [0.15, 0.2) is 11.5 Å².